The Morgan fingerprint density at radius 1 is 1.12 bits per heavy atom. The Labute approximate surface area is 212 Å². The number of hydrogen-bond donors (Lipinski definition) is 3. The molecule has 0 heterocycles. The molecule has 0 atom stereocenters. The largest absolute Gasteiger partial charge is 0.444 e. The minimum atomic E-state index is -0.508. The molecule has 1 rings (SSSR count). The predicted molar refractivity (Wildman–Crippen MR) is 146 cm³/mol. The molecular weight excluding hydrogens is 517 g/mol. The molecule has 0 aromatic heterocycles. The Morgan fingerprint density at radius 2 is 1.78 bits per heavy atom. The number of anilines is 1. The Balaban J connectivity index is 0.00000961. The highest BCUT2D eigenvalue weighted by atomic mass is 127. The number of halogens is 1. The zero-order chi connectivity index (χ0) is 23.3. The summed E-state index contributed by atoms with van der Waals surface area (Å²) < 4.78 is 5.27. The van der Waals surface area contributed by atoms with Crippen LogP contribution in [0, 0.1) is 0 Å². The topological polar surface area (TPSA) is 78.0 Å². The first-order chi connectivity index (χ1) is 14.6. The molecule has 0 spiro atoms. The summed E-state index contributed by atoms with van der Waals surface area (Å²) in [5.41, 5.74) is 1.41. The summed E-state index contributed by atoms with van der Waals surface area (Å²) in [6.07, 6.45) is 2.67. The summed E-state index contributed by atoms with van der Waals surface area (Å²) in [5.74, 6) is 0.864. The van der Waals surface area contributed by atoms with Gasteiger partial charge >= 0.3 is 6.09 Å². The van der Waals surface area contributed by atoms with Gasteiger partial charge in [-0.2, -0.15) is 0 Å². The summed E-state index contributed by atoms with van der Waals surface area (Å²) in [5, 5.41) is 9.46. The molecule has 0 saturated heterocycles. The van der Waals surface area contributed by atoms with Crippen molar-refractivity contribution >= 4 is 41.7 Å². The first kappa shape index (κ1) is 30.4. The van der Waals surface area contributed by atoms with Crippen LogP contribution in [0.4, 0.5) is 10.5 Å². The summed E-state index contributed by atoms with van der Waals surface area (Å²) in [6, 6.07) is 8.41. The van der Waals surface area contributed by atoms with E-state index >= 15 is 0 Å². The van der Waals surface area contributed by atoms with Crippen LogP contribution in [0.5, 0.6) is 0 Å². The first-order valence-electron chi connectivity index (χ1n) is 11.4. The first-order valence-corrected chi connectivity index (χ1v) is 11.4. The third-order valence-corrected chi connectivity index (χ3v) is 4.72. The van der Waals surface area contributed by atoms with E-state index < -0.39 is 11.7 Å². The Morgan fingerprint density at radius 3 is 2.34 bits per heavy atom. The van der Waals surface area contributed by atoms with E-state index in [4.69, 9.17) is 4.74 Å². The molecular formula is C24H44IN5O2. The van der Waals surface area contributed by atoms with Gasteiger partial charge in [0, 0.05) is 31.4 Å². The average Bonchev–Trinajstić information content (AvgIpc) is 2.67. The van der Waals surface area contributed by atoms with Crippen molar-refractivity contribution in [2.24, 2.45) is 4.99 Å². The second-order valence-corrected chi connectivity index (χ2v) is 9.04. The highest BCUT2D eigenvalue weighted by Gasteiger charge is 2.16. The van der Waals surface area contributed by atoms with Gasteiger partial charge in [0.15, 0.2) is 5.96 Å². The Kier molecular flexibility index (Phi) is 15.3. The second kappa shape index (κ2) is 16.1. The van der Waals surface area contributed by atoms with Crippen molar-refractivity contribution in [3.8, 4) is 0 Å². The molecule has 0 radical (unpaired) electrons. The highest BCUT2D eigenvalue weighted by molar-refractivity contribution is 14.0. The molecule has 0 aliphatic heterocycles. The number of hydrogen-bond acceptors (Lipinski definition) is 4. The Hall–Kier alpha value is -1.55. The van der Waals surface area contributed by atoms with Crippen LogP contribution in [0.25, 0.3) is 0 Å². The number of guanidine groups is 1. The van der Waals surface area contributed by atoms with Crippen molar-refractivity contribution in [3.63, 3.8) is 0 Å². The van der Waals surface area contributed by atoms with Crippen molar-refractivity contribution in [2.75, 3.05) is 38.5 Å². The van der Waals surface area contributed by atoms with Gasteiger partial charge in [0.2, 0.25) is 0 Å². The van der Waals surface area contributed by atoms with Crippen LogP contribution in [-0.2, 0) is 11.2 Å². The molecule has 3 N–H and O–H groups in total. The van der Waals surface area contributed by atoms with Gasteiger partial charge in [-0.25, -0.2) is 4.79 Å². The molecule has 8 heteroatoms. The Bertz CT molecular complexity index is 672. The molecule has 32 heavy (non-hydrogen) atoms. The fourth-order valence-corrected chi connectivity index (χ4v) is 2.77. The summed E-state index contributed by atoms with van der Waals surface area (Å²) in [6.45, 7) is 15.6. The van der Waals surface area contributed by atoms with Crippen LogP contribution in [0.1, 0.15) is 59.9 Å². The third-order valence-electron chi connectivity index (χ3n) is 4.72. The van der Waals surface area contributed by atoms with Crippen molar-refractivity contribution in [1.29, 1.82) is 0 Å². The number of nitrogens with zero attached hydrogens (tertiary/aromatic N) is 2. The number of nitrogens with one attached hydrogen (secondary N) is 3. The quantitative estimate of drug-likeness (QED) is 0.156. The maximum atomic E-state index is 11.8. The van der Waals surface area contributed by atoms with E-state index in [0.717, 1.165) is 57.1 Å². The monoisotopic (exact) mass is 561 g/mol. The number of carbonyl (C=O) groups excluding carboxylic acids is 1. The van der Waals surface area contributed by atoms with E-state index in [1.165, 1.54) is 5.56 Å². The van der Waals surface area contributed by atoms with Crippen LogP contribution in [-0.4, -0.2) is 61.8 Å². The van der Waals surface area contributed by atoms with Crippen LogP contribution >= 0.6 is 24.0 Å². The molecule has 0 bridgehead atoms. The number of aliphatic imine (C=N–C) groups is 1. The molecule has 0 saturated carbocycles. The van der Waals surface area contributed by atoms with Crippen LogP contribution in [0.3, 0.4) is 0 Å². The zero-order valence-electron chi connectivity index (χ0n) is 21.0. The number of carbonyl (C=O) groups is 1. The van der Waals surface area contributed by atoms with Gasteiger partial charge in [-0.15, -0.1) is 24.0 Å². The normalized spacial score (nSPS) is 11.8. The minimum Gasteiger partial charge on any atom is -0.444 e. The van der Waals surface area contributed by atoms with Crippen LogP contribution in [0.15, 0.2) is 29.3 Å². The summed E-state index contributed by atoms with van der Waals surface area (Å²) in [4.78, 5) is 18.9. The second-order valence-electron chi connectivity index (χ2n) is 9.04. The van der Waals surface area contributed by atoms with Crippen molar-refractivity contribution < 1.29 is 9.53 Å². The van der Waals surface area contributed by atoms with Crippen molar-refractivity contribution in [2.45, 2.75) is 72.4 Å². The van der Waals surface area contributed by atoms with Gasteiger partial charge in [0.05, 0.1) is 0 Å². The lowest BCUT2D eigenvalue weighted by Gasteiger charge is -2.20. The van der Waals surface area contributed by atoms with Gasteiger partial charge < -0.3 is 20.3 Å². The zero-order valence-corrected chi connectivity index (χ0v) is 23.3. The number of unbranched alkanes of at least 4 members (excludes halogenated alkanes) is 1. The number of amides is 1. The van der Waals surface area contributed by atoms with E-state index in [2.05, 4.69) is 53.7 Å². The lowest BCUT2D eigenvalue weighted by atomic mass is 10.1. The van der Waals surface area contributed by atoms with E-state index in [9.17, 15) is 4.79 Å². The molecule has 0 unspecified atom stereocenters. The van der Waals surface area contributed by atoms with Gasteiger partial charge in [-0.3, -0.25) is 10.3 Å². The standard InChI is InChI=1S/C24H43N5O2.HI/c1-8-25-22(26-16-9-10-18-29(7)19(2)3)27-17-15-20-11-13-21(14-12-20)28-23(30)31-24(4,5)6;/h11-14,19H,8-10,15-18H2,1-7H3,(H,28,30)(H2,25,26,27);1H. The lowest BCUT2D eigenvalue weighted by molar-refractivity contribution is 0.0636. The van der Waals surface area contributed by atoms with E-state index in [1.54, 1.807) is 0 Å². The van der Waals surface area contributed by atoms with Crippen LogP contribution < -0.4 is 16.0 Å². The lowest BCUT2D eigenvalue weighted by Crippen LogP contribution is -2.38. The van der Waals surface area contributed by atoms with Crippen LogP contribution in [0.2, 0.25) is 0 Å². The molecule has 0 fully saturated rings. The fraction of sp³-hybridized carbons (Fsp3) is 0.667. The minimum absolute atomic E-state index is 0. The maximum absolute atomic E-state index is 11.8. The van der Waals surface area contributed by atoms with Gasteiger partial charge in [0.1, 0.15) is 5.60 Å². The number of benzene rings is 1. The number of ether oxygens (including phenoxy) is 1. The van der Waals surface area contributed by atoms with Crippen molar-refractivity contribution in [1.82, 2.24) is 15.5 Å². The highest BCUT2D eigenvalue weighted by Crippen LogP contribution is 2.13. The smallest absolute Gasteiger partial charge is 0.412 e. The van der Waals surface area contributed by atoms with E-state index in [0.29, 0.717) is 6.04 Å². The molecule has 0 aliphatic rings. The summed E-state index contributed by atoms with van der Waals surface area (Å²) >= 11 is 0. The predicted octanol–water partition coefficient (Wildman–Crippen LogP) is 4.87. The molecule has 184 valence electrons. The number of rotatable bonds is 11. The van der Waals surface area contributed by atoms with Crippen molar-refractivity contribution in [3.05, 3.63) is 29.8 Å². The molecule has 1 amide bonds. The SMILES string of the molecule is CCNC(=NCCCCN(C)C(C)C)NCCc1ccc(NC(=O)OC(C)(C)C)cc1.I. The molecule has 1 aromatic carbocycles. The van der Waals surface area contributed by atoms with E-state index in [1.807, 2.05) is 45.0 Å². The molecule has 1 aromatic rings. The summed E-state index contributed by atoms with van der Waals surface area (Å²) in [7, 11) is 2.17. The average molecular weight is 562 g/mol. The van der Waals surface area contributed by atoms with Gasteiger partial charge in [-0.1, -0.05) is 12.1 Å². The molecule has 7 nitrogen and oxygen atoms in total. The van der Waals surface area contributed by atoms with Gasteiger partial charge in [0.25, 0.3) is 0 Å². The fourth-order valence-electron chi connectivity index (χ4n) is 2.77. The van der Waals surface area contributed by atoms with E-state index in [-0.39, 0.29) is 24.0 Å². The third kappa shape index (κ3) is 14.5. The maximum Gasteiger partial charge on any atom is 0.412 e. The van der Waals surface area contributed by atoms with Gasteiger partial charge in [-0.05, 0) is 92.1 Å². The molecule has 0 aliphatic carbocycles.